The first-order valence-electron chi connectivity index (χ1n) is 4.65. The van der Waals surface area contributed by atoms with Gasteiger partial charge in [0.1, 0.15) is 0 Å². The predicted molar refractivity (Wildman–Crippen MR) is 53.5 cm³/mol. The van der Waals surface area contributed by atoms with Crippen LogP contribution in [0.3, 0.4) is 0 Å². The average Bonchev–Trinajstić information content (AvgIpc) is 2.15. The zero-order valence-electron chi connectivity index (χ0n) is 8.75. The Morgan fingerprint density at radius 2 is 1.94 bits per heavy atom. The summed E-state index contributed by atoms with van der Waals surface area (Å²) in [6.07, 6.45) is -4.21. The highest BCUT2D eigenvalue weighted by molar-refractivity contribution is 5.37. The third-order valence-electron chi connectivity index (χ3n) is 2.03. The van der Waals surface area contributed by atoms with Gasteiger partial charge >= 0.3 is 6.18 Å². The summed E-state index contributed by atoms with van der Waals surface area (Å²) in [6, 6.07) is 8.60. The van der Waals surface area contributed by atoms with E-state index in [1.165, 1.54) is 7.05 Å². The van der Waals surface area contributed by atoms with E-state index in [9.17, 15) is 13.2 Å². The van der Waals surface area contributed by atoms with Crippen molar-refractivity contribution in [2.75, 3.05) is 13.6 Å². The molecular weight excluding hydrogens is 217 g/mol. The number of hydrogen-bond acceptors (Lipinski definition) is 2. The van der Waals surface area contributed by atoms with Gasteiger partial charge in [-0.3, -0.25) is 4.90 Å². The number of hydrogen-bond donors (Lipinski definition) is 0. The van der Waals surface area contributed by atoms with E-state index in [0.717, 1.165) is 4.90 Å². The highest BCUT2D eigenvalue weighted by Crippen LogP contribution is 2.17. The molecule has 0 unspecified atom stereocenters. The molecule has 0 radical (unpaired) electrons. The molecule has 0 aromatic heterocycles. The Morgan fingerprint density at radius 1 is 1.31 bits per heavy atom. The van der Waals surface area contributed by atoms with Crippen molar-refractivity contribution in [1.82, 2.24) is 4.90 Å². The maximum absolute atomic E-state index is 12.1. The van der Waals surface area contributed by atoms with Crippen LogP contribution in [0.4, 0.5) is 13.2 Å². The number of rotatable bonds is 3. The summed E-state index contributed by atoms with van der Waals surface area (Å²) in [4.78, 5) is 1.14. The van der Waals surface area contributed by atoms with Crippen LogP contribution in [0.15, 0.2) is 24.3 Å². The molecule has 0 fully saturated rings. The normalized spacial score (nSPS) is 11.5. The maximum Gasteiger partial charge on any atom is 0.401 e. The second-order valence-electron chi connectivity index (χ2n) is 3.56. The summed E-state index contributed by atoms with van der Waals surface area (Å²) in [5.41, 5.74) is 1.02. The van der Waals surface area contributed by atoms with E-state index in [-0.39, 0.29) is 6.54 Å². The van der Waals surface area contributed by atoms with Crippen molar-refractivity contribution < 1.29 is 13.2 Å². The second kappa shape index (κ2) is 4.99. The minimum absolute atomic E-state index is 0.114. The van der Waals surface area contributed by atoms with Crippen LogP contribution in [-0.4, -0.2) is 24.7 Å². The lowest BCUT2D eigenvalue weighted by Crippen LogP contribution is -2.30. The van der Waals surface area contributed by atoms with E-state index in [1.807, 2.05) is 6.07 Å². The van der Waals surface area contributed by atoms with Crippen LogP contribution in [0.2, 0.25) is 0 Å². The molecule has 0 saturated heterocycles. The van der Waals surface area contributed by atoms with Crippen molar-refractivity contribution in [2.45, 2.75) is 12.7 Å². The Morgan fingerprint density at radius 3 is 2.50 bits per heavy atom. The summed E-state index contributed by atoms with van der Waals surface area (Å²) in [7, 11) is 1.38. The smallest absolute Gasteiger partial charge is 0.294 e. The summed E-state index contributed by atoms with van der Waals surface area (Å²) in [5.74, 6) is 0. The van der Waals surface area contributed by atoms with Crippen LogP contribution in [0.5, 0.6) is 0 Å². The van der Waals surface area contributed by atoms with Crippen molar-refractivity contribution in [1.29, 1.82) is 5.26 Å². The van der Waals surface area contributed by atoms with E-state index >= 15 is 0 Å². The number of nitriles is 1. The minimum Gasteiger partial charge on any atom is -0.294 e. The highest BCUT2D eigenvalue weighted by Gasteiger charge is 2.29. The van der Waals surface area contributed by atoms with Gasteiger partial charge in [-0.1, -0.05) is 18.2 Å². The molecule has 0 amide bonds. The molecule has 1 aromatic carbocycles. The Hall–Kier alpha value is -1.54. The lowest BCUT2D eigenvalue weighted by atomic mass is 10.1. The first-order valence-corrected chi connectivity index (χ1v) is 4.65. The fourth-order valence-electron chi connectivity index (χ4n) is 1.42. The van der Waals surface area contributed by atoms with Crippen molar-refractivity contribution in [3.63, 3.8) is 0 Å². The summed E-state index contributed by atoms with van der Waals surface area (Å²) < 4.78 is 36.3. The summed E-state index contributed by atoms with van der Waals surface area (Å²) in [6.45, 7) is -0.865. The van der Waals surface area contributed by atoms with Crippen LogP contribution >= 0.6 is 0 Å². The third-order valence-corrected chi connectivity index (χ3v) is 2.03. The minimum atomic E-state index is -4.21. The molecule has 0 bridgehead atoms. The van der Waals surface area contributed by atoms with Gasteiger partial charge in [-0.15, -0.1) is 0 Å². The molecule has 0 spiro atoms. The fourth-order valence-corrected chi connectivity index (χ4v) is 1.42. The van der Waals surface area contributed by atoms with Gasteiger partial charge < -0.3 is 0 Å². The second-order valence-corrected chi connectivity index (χ2v) is 3.56. The Kier molecular flexibility index (Phi) is 3.91. The standard InChI is InChI=1S/C11H11F3N2/c1-16(8-11(12,13)14)7-10-5-3-2-4-9(10)6-15/h2-5H,7-8H2,1H3. The molecule has 0 aliphatic rings. The summed E-state index contributed by atoms with van der Waals surface area (Å²) in [5, 5.41) is 8.77. The Balaban J connectivity index is 2.70. The molecule has 1 rings (SSSR count). The zero-order chi connectivity index (χ0) is 12.2. The molecular formula is C11H11F3N2. The fraction of sp³-hybridized carbons (Fsp3) is 0.364. The van der Waals surface area contributed by atoms with E-state index in [2.05, 4.69) is 0 Å². The lowest BCUT2D eigenvalue weighted by molar-refractivity contribution is -0.144. The van der Waals surface area contributed by atoms with Crippen LogP contribution < -0.4 is 0 Å². The van der Waals surface area contributed by atoms with Crippen LogP contribution in [0.1, 0.15) is 11.1 Å². The van der Waals surface area contributed by atoms with Gasteiger partial charge in [0.2, 0.25) is 0 Å². The lowest BCUT2D eigenvalue weighted by Gasteiger charge is -2.18. The topological polar surface area (TPSA) is 27.0 Å². The molecule has 2 nitrogen and oxygen atoms in total. The van der Waals surface area contributed by atoms with E-state index in [0.29, 0.717) is 11.1 Å². The van der Waals surface area contributed by atoms with Crippen molar-refractivity contribution in [3.8, 4) is 6.07 Å². The average molecular weight is 228 g/mol. The van der Waals surface area contributed by atoms with Gasteiger partial charge in [-0.05, 0) is 18.7 Å². The van der Waals surface area contributed by atoms with E-state index in [4.69, 9.17) is 5.26 Å². The molecule has 16 heavy (non-hydrogen) atoms. The van der Waals surface area contributed by atoms with Crippen LogP contribution in [0.25, 0.3) is 0 Å². The number of halogens is 3. The van der Waals surface area contributed by atoms with Crippen molar-refractivity contribution >= 4 is 0 Å². The SMILES string of the molecule is CN(Cc1ccccc1C#N)CC(F)(F)F. The predicted octanol–water partition coefficient (Wildman–Crippen LogP) is 2.55. The largest absolute Gasteiger partial charge is 0.401 e. The first-order chi connectivity index (χ1) is 7.42. The third kappa shape index (κ3) is 3.91. The first kappa shape index (κ1) is 12.5. The van der Waals surface area contributed by atoms with Gasteiger partial charge in [-0.2, -0.15) is 18.4 Å². The summed E-state index contributed by atoms with van der Waals surface area (Å²) >= 11 is 0. The number of nitrogens with zero attached hydrogens (tertiary/aromatic N) is 2. The van der Waals surface area contributed by atoms with Gasteiger partial charge in [-0.25, -0.2) is 0 Å². The molecule has 0 aliphatic heterocycles. The van der Waals surface area contributed by atoms with Gasteiger partial charge in [0.25, 0.3) is 0 Å². The molecule has 1 aromatic rings. The molecule has 86 valence electrons. The van der Waals surface area contributed by atoms with E-state index < -0.39 is 12.7 Å². The Bertz CT molecular complexity index is 393. The molecule has 5 heteroatoms. The zero-order valence-corrected chi connectivity index (χ0v) is 8.75. The van der Waals surface area contributed by atoms with Crippen molar-refractivity contribution in [2.24, 2.45) is 0 Å². The quantitative estimate of drug-likeness (QED) is 0.795. The van der Waals surface area contributed by atoms with Crippen LogP contribution in [-0.2, 0) is 6.54 Å². The molecule has 0 heterocycles. The monoisotopic (exact) mass is 228 g/mol. The number of benzene rings is 1. The van der Waals surface area contributed by atoms with Gasteiger partial charge in [0.05, 0.1) is 18.2 Å². The molecule has 0 aliphatic carbocycles. The number of alkyl halides is 3. The Labute approximate surface area is 91.9 Å². The van der Waals surface area contributed by atoms with Crippen molar-refractivity contribution in [3.05, 3.63) is 35.4 Å². The molecule has 0 saturated carbocycles. The van der Waals surface area contributed by atoms with Crippen LogP contribution in [0, 0.1) is 11.3 Å². The van der Waals surface area contributed by atoms with E-state index in [1.54, 1.807) is 24.3 Å². The molecule has 0 N–H and O–H groups in total. The van der Waals surface area contributed by atoms with Gasteiger partial charge in [0, 0.05) is 6.54 Å². The molecule has 0 atom stereocenters. The maximum atomic E-state index is 12.1. The van der Waals surface area contributed by atoms with Gasteiger partial charge in [0.15, 0.2) is 0 Å². The highest BCUT2D eigenvalue weighted by atomic mass is 19.4.